The Kier molecular flexibility index (Phi) is 5.24. The first-order valence-corrected chi connectivity index (χ1v) is 8.55. The molecule has 0 aromatic heterocycles. The molecular formula is C11H14BrFN4O4S. The second-order valence-corrected chi connectivity index (χ2v) is 7.14. The minimum atomic E-state index is -3.35. The van der Waals surface area contributed by atoms with E-state index in [0.29, 0.717) is 10.9 Å². The maximum absolute atomic E-state index is 13.2. The molecule has 22 heavy (non-hydrogen) atoms. The fourth-order valence-corrected chi connectivity index (χ4v) is 2.53. The molecule has 0 saturated carbocycles. The lowest BCUT2D eigenvalue weighted by Gasteiger charge is -2.16. The van der Waals surface area contributed by atoms with Crippen LogP contribution in [-0.2, 0) is 15.0 Å². The number of anilines is 1. The fourth-order valence-electron chi connectivity index (χ4n) is 1.58. The van der Waals surface area contributed by atoms with Crippen LogP contribution in [0.15, 0.2) is 34.7 Å². The van der Waals surface area contributed by atoms with E-state index in [0.717, 1.165) is 0 Å². The molecule has 0 atom stereocenters. The second kappa shape index (κ2) is 6.79. The molecule has 1 aromatic rings. The molecule has 0 spiro atoms. The average Bonchev–Trinajstić information content (AvgIpc) is 2.83. The number of nitrogens with zero attached hydrogens (tertiary/aromatic N) is 2. The van der Waals surface area contributed by atoms with Crippen molar-refractivity contribution in [2.24, 2.45) is 0 Å². The summed E-state index contributed by atoms with van der Waals surface area (Å²) in [5, 5.41) is 14.0. The third-order valence-corrected chi connectivity index (χ3v) is 4.73. The molecule has 0 aliphatic carbocycles. The van der Waals surface area contributed by atoms with Gasteiger partial charge in [0.1, 0.15) is 5.82 Å². The molecule has 0 radical (unpaired) electrons. The number of hydroxylamine groups is 3. The van der Waals surface area contributed by atoms with Gasteiger partial charge >= 0.3 is 0 Å². The van der Waals surface area contributed by atoms with E-state index in [2.05, 4.69) is 26.0 Å². The fraction of sp³-hybridized carbons (Fsp3) is 0.273. The van der Waals surface area contributed by atoms with E-state index in [1.54, 1.807) is 0 Å². The van der Waals surface area contributed by atoms with Gasteiger partial charge in [-0.3, -0.25) is 5.21 Å². The van der Waals surface area contributed by atoms with Crippen LogP contribution < -0.4 is 15.1 Å². The Bertz CT molecular complexity index is 685. The van der Waals surface area contributed by atoms with Crippen molar-refractivity contribution in [3.05, 3.63) is 40.5 Å². The highest BCUT2D eigenvalue weighted by Crippen LogP contribution is 2.26. The standard InChI is InChI=1S/C11H14BrFN4O4S/c1-14-22(19,20)5-4-15-11-7-16(21-17(11)18)8-2-3-10(13)9(12)6-8/h2-3,6-7,14-15,18H,4-5H2,1H3. The zero-order chi connectivity index (χ0) is 16.3. The highest BCUT2D eigenvalue weighted by Gasteiger charge is 2.23. The summed E-state index contributed by atoms with van der Waals surface area (Å²) in [7, 11) is -2.03. The van der Waals surface area contributed by atoms with Gasteiger partial charge in [0.25, 0.3) is 0 Å². The number of halogens is 2. The summed E-state index contributed by atoms with van der Waals surface area (Å²) < 4.78 is 38.2. The maximum Gasteiger partial charge on any atom is 0.213 e. The van der Waals surface area contributed by atoms with Crippen molar-refractivity contribution in [2.45, 2.75) is 0 Å². The molecule has 1 aromatic carbocycles. The van der Waals surface area contributed by atoms with E-state index in [1.165, 1.54) is 36.5 Å². The number of hydrogen-bond donors (Lipinski definition) is 3. The monoisotopic (exact) mass is 396 g/mol. The van der Waals surface area contributed by atoms with Crippen LogP contribution in [0.2, 0.25) is 0 Å². The van der Waals surface area contributed by atoms with Crippen molar-refractivity contribution in [1.82, 2.24) is 15.3 Å². The lowest BCUT2D eigenvalue weighted by Crippen LogP contribution is -2.32. The molecule has 11 heteroatoms. The molecule has 3 N–H and O–H groups in total. The number of sulfonamides is 1. The number of rotatable bonds is 6. The van der Waals surface area contributed by atoms with Gasteiger partial charge in [-0.05, 0) is 41.2 Å². The van der Waals surface area contributed by atoms with Gasteiger partial charge in [0.15, 0.2) is 5.82 Å². The molecule has 0 unspecified atom stereocenters. The van der Waals surface area contributed by atoms with Gasteiger partial charge in [0, 0.05) is 6.54 Å². The van der Waals surface area contributed by atoms with Crippen LogP contribution in [0.4, 0.5) is 10.1 Å². The lowest BCUT2D eigenvalue weighted by molar-refractivity contribution is -0.306. The SMILES string of the molecule is CNS(=O)(=O)CCNC1=CN(c2ccc(F)c(Br)c2)ON1O. The molecule has 122 valence electrons. The van der Waals surface area contributed by atoms with E-state index in [9.17, 15) is 18.0 Å². The van der Waals surface area contributed by atoms with Gasteiger partial charge in [0.05, 0.1) is 22.1 Å². The molecule has 1 aliphatic rings. The Balaban J connectivity index is 2.02. The van der Waals surface area contributed by atoms with Crippen LogP contribution in [0.5, 0.6) is 0 Å². The highest BCUT2D eigenvalue weighted by molar-refractivity contribution is 9.10. The van der Waals surface area contributed by atoms with Gasteiger partial charge < -0.3 is 5.32 Å². The zero-order valence-corrected chi connectivity index (χ0v) is 13.9. The van der Waals surface area contributed by atoms with E-state index < -0.39 is 15.8 Å². The quantitative estimate of drug-likeness (QED) is 0.656. The minimum absolute atomic E-state index is 0.0659. The summed E-state index contributed by atoms with van der Waals surface area (Å²) in [4.78, 5) is 5.02. The molecule has 2 rings (SSSR count). The van der Waals surface area contributed by atoms with Crippen molar-refractivity contribution in [3.8, 4) is 0 Å². The van der Waals surface area contributed by atoms with E-state index in [4.69, 9.17) is 4.94 Å². The largest absolute Gasteiger partial charge is 0.365 e. The molecule has 1 heterocycles. The van der Waals surface area contributed by atoms with Gasteiger partial charge in [-0.25, -0.2) is 17.5 Å². The van der Waals surface area contributed by atoms with E-state index in [1.807, 2.05) is 0 Å². The van der Waals surface area contributed by atoms with Gasteiger partial charge in [-0.1, -0.05) is 5.23 Å². The zero-order valence-electron chi connectivity index (χ0n) is 11.5. The maximum atomic E-state index is 13.2. The third-order valence-electron chi connectivity index (χ3n) is 2.76. The Labute approximate surface area is 135 Å². The molecule has 0 bridgehead atoms. The summed E-state index contributed by atoms with van der Waals surface area (Å²) >= 11 is 3.05. The molecule has 8 nitrogen and oxygen atoms in total. The third kappa shape index (κ3) is 4.08. The van der Waals surface area contributed by atoms with Crippen LogP contribution in [0.3, 0.4) is 0 Å². The molecule has 1 aliphatic heterocycles. The summed E-state index contributed by atoms with van der Waals surface area (Å²) in [6.07, 6.45) is 1.39. The van der Waals surface area contributed by atoms with Crippen molar-refractivity contribution in [2.75, 3.05) is 24.4 Å². The van der Waals surface area contributed by atoms with Crippen molar-refractivity contribution < 1.29 is 23.0 Å². The Morgan fingerprint density at radius 1 is 1.45 bits per heavy atom. The smallest absolute Gasteiger partial charge is 0.213 e. The first-order chi connectivity index (χ1) is 10.3. The van der Waals surface area contributed by atoms with Crippen molar-refractivity contribution in [1.29, 1.82) is 0 Å². The highest BCUT2D eigenvalue weighted by atomic mass is 79.9. The van der Waals surface area contributed by atoms with Crippen LogP contribution in [0.1, 0.15) is 0 Å². The predicted octanol–water partition coefficient (Wildman–Crippen LogP) is 0.884. The summed E-state index contributed by atoms with van der Waals surface area (Å²) in [6.45, 7) is 0.0659. The minimum Gasteiger partial charge on any atom is -0.365 e. The lowest BCUT2D eigenvalue weighted by atomic mass is 10.3. The molecule has 0 fully saturated rings. The Morgan fingerprint density at radius 3 is 2.82 bits per heavy atom. The first-order valence-electron chi connectivity index (χ1n) is 6.10. The van der Waals surface area contributed by atoms with Crippen LogP contribution in [0, 0.1) is 5.82 Å². The van der Waals surface area contributed by atoms with Crippen LogP contribution in [0.25, 0.3) is 0 Å². The Morgan fingerprint density at radius 2 is 2.18 bits per heavy atom. The second-order valence-electron chi connectivity index (χ2n) is 4.24. The van der Waals surface area contributed by atoms with Gasteiger partial charge in [-0.15, -0.1) is 4.94 Å². The molecular weight excluding hydrogens is 383 g/mol. The Hall–Kier alpha value is -1.40. The molecule has 0 saturated heterocycles. The first kappa shape index (κ1) is 17.0. The topological polar surface area (TPSA) is 94.1 Å². The van der Waals surface area contributed by atoms with E-state index >= 15 is 0 Å². The average molecular weight is 397 g/mol. The summed E-state index contributed by atoms with van der Waals surface area (Å²) in [6, 6.07) is 4.16. The number of nitrogens with one attached hydrogen (secondary N) is 2. The predicted molar refractivity (Wildman–Crippen MR) is 80.2 cm³/mol. The summed E-state index contributed by atoms with van der Waals surface area (Å²) in [5.41, 5.74) is 0.465. The molecule has 0 amide bonds. The number of benzene rings is 1. The van der Waals surface area contributed by atoms with E-state index in [-0.39, 0.29) is 22.6 Å². The van der Waals surface area contributed by atoms with Crippen LogP contribution in [-0.4, -0.2) is 38.2 Å². The van der Waals surface area contributed by atoms with Crippen LogP contribution >= 0.6 is 15.9 Å². The van der Waals surface area contributed by atoms with Gasteiger partial charge in [-0.2, -0.15) is 5.06 Å². The van der Waals surface area contributed by atoms with Crippen molar-refractivity contribution >= 4 is 31.6 Å². The van der Waals surface area contributed by atoms with Gasteiger partial charge in [0.2, 0.25) is 10.0 Å². The number of hydrogen-bond acceptors (Lipinski definition) is 7. The summed E-state index contributed by atoms with van der Waals surface area (Å²) in [5.74, 6) is -0.452. The normalized spacial score (nSPS) is 15.2. The van der Waals surface area contributed by atoms with Crippen molar-refractivity contribution in [3.63, 3.8) is 0 Å².